The summed E-state index contributed by atoms with van der Waals surface area (Å²) in [7, 11) is 0. The molecule has 1 heterocycles. The second-order valence-electron chi connectivity index (χ2n) is 6.05. The van der Waals surface area contributed by atoms with Crippen LogP contribution in [0.5, 0.6) is 0 Å². The van der Waals surface area contributed by atoms with E-state index in [9.17, 15) is 9.59 Å². The van der Waals surface area contributed by atoms with E-state index < -0.39 is 0 Å². The predicted octanol–water partition coefficient (Wildman–Crippen LogP) is 4.34. The summed E-state index contributed by atoms with van der Waals surface area (Å²) in [5.41, 5.74) is 4.82. The molecule has 2 rings (SSSR count). The fourth-order valence-corrected chi connectivity index (χ4v) is 2.37. The largest absolute Gasteiger partial charge is 0.459 e. The van der Waals surface area contributed by atoms with Crippen LogP contribution in [0.25, 0.3) is 0 Å². The van der Waals surface area contributed by atoms with Gasteiger partial charge in [-0.1, -0.05) is 38.3 Å². The molecule has 0 aliphatic heterocycles. The minimum absolute atomic E-state index is 0.0669. The third-order valence-electron chi connectivity index (χ3n) is 3.91. The van der Waals surface area contributed by atoms with Gasteiger partial charge in [-0.3, -0.25) is 9.59 Å². The first kappa shape index (κ1) is 19.4. The maximum absolute atomic E-state index is 11.9. The number of anilines is 1. The van der Waals surface area contributed by atoms with Gasteiger partial charge in [0.2, 0.25) is 5.91 Å². The summed E-state index contributed by atoms with van der Waals surface area (Å²) in [4.78, 5) is 23.7. The van der Waals surface area contributed by atoms with E-state index in [0.29, 0.717) is 17.8 Å². The maximum atomic E-state index is 11.9. The number of furan rings is 1. The van der Waals surface area contributed by atoms with Crippen molar-refractivity contribution in [3.05, 3.63) is 54.0 Å². The van der Waals surface area contributed by atoms with Gasteiger partial charge in [-0.25, -0.2) is 5.43 Å². The van der Waals surface area contributed by atoms with Gasteiger partial charge in [0.1, 0.15) is 0 Å². The number of benzene rings is 1. The van der Waals surface area contributed by atoms with Crippen LogP contribution in [0.1, 0.15) is 62.1 Å². The minimum atomic E-state index is -0.302. The quantitative estimate of drug-likeness (QED) is 0.399. The predicted molar refractivity (Wildman–Crippen MR) is 102 cm³/mol. The molecule has 0 saturated carbocycles. The van der Waals surface area contributed by atoms with Gasteiger partial charge in [0.25, 0.3) is 5.91 Å². The highest BCUT2D eigenvalue weighted by atomic mass is 16.3. The lowest BCUT2D eigenvalue weighted by atomic mass is 10.1. The number of carbonyl (C=O) groups excluding carboxylic acids is 2. The topological polar surface area (TPSA) is 83.7 Å². The highest BCUT2D eigenvalue weighted by molar-refractivity contribution is 6.03. The Balaban J connectivity index is 1.84. The summed E-state index contributed by atoms with van der Waals surface area (Å²) < 4.78 is 5.05. The fraction of sp³-hybridized carbons (Fsp3) is 0.350. The van der Waals surface area contributed by atoms with Crippen molar-refractivity contribution in [1.82, 2.24) is 5.43 Å². The van der Waals surface area contributed by atoms with Gasteiger partial charge in [-0.2, -0.15) is 5.10 Å². The Labute approximate surface area is 153 Å². The van der Waals surface area contributed by atoms with Gasteiger partial charge in [0.05, 0.1) is 12.0 Å². The SMILES string of the molecule is CCCCCCC(=O)NN=C(C)c1ccc(NC(=O)c2ccco2)cc1. The molecule has 2 amide bonds. The number of nitrogens with one attached hydrogen (secondary N) is 2. The molecule has 0 atom stereocenters. The number of hydrogen-bond acceptors (Lipinski definition) is 4. The molecular formula is C20H25N3O3. The van der Waals surface area contributed by atoms with Crippen LogP contribution >= 0.6 is 0 Å². The monoisotopic (exact) mass is 355 g/mol. The Kier molecular flexibility index (Phi) is 7.61. The lowest BCUT2D eigenvalue weighted by molar-refractivity contribution is -0.121. The highest BCUT2D eigenvalue weighted by Gasteiger charge is 2.08. The Bertz CT molecular complexity index is 734. The van der Waals surface area contributed by atoms with Crippen molar-refractivity contribution in [1.29, 1.82) is 0 Å². The average Bonchev–Trinajstić information content (AvgIpc) is 3.19. The third-order valence-corrected chi connectivity index (χ3v) is 3.91. The van der Waals surface area contributed by atoms with Crippen molar-refractivity contribution in [3.8, 4) is 0 Å². The molecule has 6 heteroatoms. The molecule has 1 aromatic carbocycles. The van der Waals surface area contributed by atoms with E-state index in [1.165, 1.54) is 6.26 Å². The molecule has 2 aromatic rings. The summed E-state index contributed by atoms with van der Waals surface area (Å²) in [6, 6.07) is 10.5. The normalized spacial score (nSPS) is 11.2. The first-order valence-electron chi connectivity index (χ1n) is 8.88. The Hall–Kier alpha value is -2.89. The smallest absolute Gasteiger partial charge is 0.291 e. The number of amides is 2. The fourth-order valence-electron chi connectivity index (χ4n) is 2.37. The number of nitrogens with zero attached hydrogens (tertiary/aromatic N) is 1. The lowest BCUT2D eigenvalue weighted by Gasteiger charge is -2.06. The molecule has 6 nitrogen and oxygen atoms in total. The van der Waals surface area contributed by atoms with Gasteiger partial charge in [-0.05, 0) is 43.2 Å². The summed E-state index contributed by atoms with van der Waals surface area (Å²) in [6.07, 6.45) is 6.20. The molecule has 0 radical (unpaired) electrons. The van der Waals surface area contributed by atoms with E-state index in [-0.39, 0.29) is 17.6 Å². The lowest BCUT2D eigenvalue weighted by Crippen LogP contribution is -2.18. The van der Waals surface area contributed by atoms with Crippen molar-refractivity contribution in [3.63, 3.8) is 0 Å². The van der Waals surface area contributed by atoms with E-state index in [1.807, 2.05) is 19.1 Å². The van der Waals surface area contributed by atoms with Crippen molar-refractivity contribution >= 4 is 23.2 Å². The zero-order chi connectivity index (χ0) is 18.8. The molecule has 0 fully saturated rings. The molecule has 0 aliphatic carbocycles. The van der Waals surface area contributed by atoms with E-state index in [4.69, 9.17) is 4.42 Å². The van der Waals surface area contributed by atoms with Gasteiger partial charge in [-0.15, -0.1) is 0 Å². The van der Waals surface area contributed by atoms with Crippen LogP contribution < -0.4 is 10.7 Å². The highest BCUT2D eigenvalue weighted by Crippen LogP contribution is 2.12. The average molecular weight is 355 g/mol. The molecular weight excluding hydrogens is 330 g/mol. The van der Waals surface area contributed by atoms with E-state index in [2.05, 4.69) is 22.8 Å². The maximum Gasteiger partial charge on any atom is 0.291 e. The molecule has 2 N–H and O–H groups in total. The van der Waals surface area contributed by atoms with Gasteiger partial charge in [0.15, 0.2) is 5.76 Å². The summed E-state index contributed by atoms with van der Waals surface area (Å²) in [6.45, 7) is 3.97. The molecule has 26 heavy (non-hydrogen) atoms. The molecule has 0 unspecified atom stereocenters. The van der Waals surface area contributed by atoms with Gasteiger partial charge < -0.3 is 9.73 Å². The number of carbonyl (C=O) groups is 2. The number of rotatable bonds is 9. The molecule has 0 saturated heterocycles. The first-order chi connectivity index (χ1) is 12.6. The number of hydrogen-bond donors (Lipinski definition) is 2. The summed E-state index contributed by atoms with van der Waals surface area (Å²) >= 11 is 0. The molecule has 138 valence electrons. The van der Waals surface area contributed by atoms with Crippen LogP contribution in [0.15, 0.2) is 52.2 Å². The van der Waals surface area contributed by atoms with Crippen LogP contribution in [-0.2, 0) is 4.79 Å². The van der Waals surface area contributed by atoms with Gasteiger partial charge in [0, 0.05) is 12.1 Å². The second-order valence-corrected chi connectivity index (χ2v) is 6.05. The Morgan fingerprint density at radius 1 is 1.08 bits per heavy atom. The second kappa shape index (κ2) is 10.2. The Morgan fingerprint density at radius 3 is 2.50 bits per heavy atom. The summed E-state index contributed by atoms with van der Waals surface area (Å²) in [5, 5.41) is 6.89. The number of unbranched alkanes of at least 4 members (excludes halogenated alkanes) is 3. The van der Waals surface area contributed by atoms with Gasteiger partial charge >= 0.3 is 0 Å². The van der Waals surface area contributed by atoms with Crippen LogP contribution in [-0.4, -0.2) is 17.5 Å². The van der Waals surface area contributed by atoms with Crippen LogP contribution in [0.4, 0.5) is 5.69 Å². The van der Waals surface area contributed by atoms with E-state index >= 15 is 0 Å². The molecule has 0 aliphatic rings. The zero-order valence-corrected chi connectivity index (χ0v) is 15.2. The van der Waals surface area contributed by atoms with Crippen LogP contribution in [0, 0.1) is 0 Å². The van der Waals surface area contributed by atoms with Crippen molar-refractivity contribution in [2.75, 3.05) is 5.32 Å². The van der Waals surface area contributed by atoms with E-state index in [0.717, 1.165) is 31.2 Å². The van der Waals surface area contributed by atoms with Crippen LogP contribution in [0.2, 0.25) is 0 Å². The van der Waals surface area contributed by atoms with Crippen molar-refractivity contribution in [2.45, 2.75) is 46.0 Å². The minimum Gasteiger partial charge on any atom is -0.459 e. The molecule has 0 bridgehead atoms. The summed E-state index contributed by atoms with van der Waals surface area (Å²) in [5.74, 6) is -0.111. The van der Waals surface area contributed by atoms with Crippen molar-refractivity contribution in [2.24, 2.45) is 5.10 Å². The molecule has 0 spiro atoms. The standard InChI is InChI=1S/C20H25N3O3/c1-3-4-5-6-9-19(24)23-22-15(2)16-10-12-17(13-11-16)21-20(25)18-8-7-14-26-18/h7-8,10-14H,3-6,9H2,1-2H3,(H,21,25)(H,23,24). The molecule has 1 aromatic heterocycles. The van der Waals surface area contributed by atoms with Crippen LogP contribution in [0.3, 0.4) is 0 Å². The first-order valence-corrected chi connectivity index (χ1v) is 8.88. The number of hydrazone groups is 1. The third kappa shape index (κ3) is 6.20. The zero-order valence-electron chi connectivity index (χ0n) is 15.2. The van der Waals surface area contributed by atoms with Crippen molar-refractivity contribution < 1.29 is 14.0 Å². The van der Waals surface area contributed by atoms with E-state index in [1.54, 1.807) is 24.3 Å². The Morgan fingerprint density at radius 2 is 1.85 bits per heavy atom.